The highest BCUT2D eigenvalue weighted by atomic mass is 16.5. The molecule has 2 heterocycles. The van der Waals surface area contributed by atoms with E-state index >= 15 is 0 Å². The van der Waals surface area contributed by atoms with Crippen LogP contribution in [0.25, 0.3) is 5.57 Å². The third kappa shape index (κ3) is 3.81. The second-order valence-corrected chi connectivity index (χ2v) is 5.84. The van der Waals surface area contributed by atoms with Crippen molar-refractivity contribution in [1.29, 1.82) is 0 Å². The van der Waals surface area contributed by atoms with Crippen LogP contribution in [0.15, 0.2) is 84.1 Å². The lowest BCUT2D eigenvalue weighted by atomic mass is 10.1. The van der Waals surface area contributed by atoms with Gasteiger partial charge in [-0.3, -0.25) is 9.98 Å². The van der Waals surface area contributed by atoms with Crippen molar-refractivity contribution in [3.05, 3.63) is 84.7 Å². The number of nitrogens with zero attached hydrogens (tertiary/aromatic N) is 2. The molecule has 128 valence electrons. The average molecular weight is 342 g/mol. The van der Waals surface area contributed by atoms with Crippen LogP contribution >= 0.6 is 0 Å². The Hall–Kier alpha value is -3.40. The maximum Gasteiger partial charge on any atom is 0.138 e. The number of para-hydroxylation sites is 1. The van der Waals surface area contributed by atoms with Gasteiger partial charge in [0.05, 0.1) is 0 Å². The Kier molecular flexibility index (Phi) is 4.74. The Balaban J connectivity index is 1.51. The highest BCUT2D eigenvalue weighted by Crippen LogP contribution is 2.31. The molecule has 0 unspecified atom stereocenters. The summed E-state index contributed by atoms with van der Waals surface area (Å²) in [5.74, 6) is 3.07. The molecular weight excluding hydrogens is 324 g/mol. The van der Waals surface area contributed by atoms with Gasteiger partial charge in [0.25, 0.3) is 0 Å². The number of hydrogen-bond donors (Lipinski definition) is 0. The van der Waals surface area contributed by atoms with E-state index in [0.29, 0.717) is 0 Å². The van der Waals surface area contributed by atoms with E-state index in [-0.39, 0.29) is 0 Å². The molecule has 0 bridgehead atoms. The molecule has 0 saturated heterocycles. The molecule has 1 aliphatic rings. The number of aliphatic imine (C=N–C) groups is 1. The minimum absolute atomic E-state index is 0.742. The summed E-state index contributed by atoms with van der Waals surface area (Å²) >= 11 is 0. The van der Waals surface area contributed by atoms with E-state index < -0.39 is 0 Å². The largest absolute Gasteiger partial charge is 0.457 e. The van der Waals surface area contributed by atoms with E-state index in [2.05, 4.69) is 16.1 Å². The number of pyridine rings is 1. The summed E-state index contributed by atoms with van der Waals surface area (Å²) in [4.78, 5) is 8.56. The normalized spacial score (nSPS) is 13.2. The summed E-state index contributed by atoms with van der Waals surface area (Å²) in [6.07, 6.45) is 8.52. The van der Waals surface area contributed by atoms with Crippen LogP contribution < -0.4 is 9.47 Å². The van der Waals surface area contributed by atoms with Crippen molar-refractivity contribution in [2.24, 2.45) is 4.99 Å². The monoisotopic (exact) mass is 342 g/mol. The fourth-order valence-electron chi connectivity index (χ4n) is 2.70. The molecule has 1 aromatic heterocycles. The molecule has 0 amide bonds. The smallest absolute Gasteiger partial charge is 0.138 e. The third-order valence-corrected chi connectivity index (χ3v) is 3.98. The quantitative estimate of drug-likeness (QED) is 0.613. The number of aromatic nitrogens is 1. The first-order chi connectivity index (χ1) is 12.9. The van der Waals surface area contributed by atoms with Gasteiger partial charge in [-0.1, -0.05) is 24.3 Å². The summed E-state index contributed by atoms with van der Waals surface area (Å²) in [7, 11) is 0. The Morgan fingerprint density at radius 2 is 1.50 bits per heavy atom. The molecule has 4 rings (SSSR count). The predicted octanol–water partition coefficient (Wildman–Crippen LogP) is 5.52. The van der Waals surface area contributed by atoms with Crippen molar-refractivity contribution in [2.45, 2.75) is 6.42 Å². The van der Waals surface area contributed by atoms with Gasteiger partial charge in [0.1, 0.15) is 23.0 Å². The molecule has 0 radical (unpaired) electrons. The molecule has 0 saturated carbocycles. The Bertz CT molecular complexity index is 932. The van der Waals surface area contributed by atoms with E-state index in [1.54, 1.807) is 6.20 Å². The van der Waals surface area contributed by atoms with Crippen LogP contribution in [0.5, 0.6) is 23.0 Å². The molecule has 4 heteroatoms. The van der Waals surface area contributed by atoms with Crippen LogP contribution in [0.2, 0.25) is 0 Å². The Morgan fingerprint density at radius 3 is 2.23 bits per heavy atom. The molecule has 3 aromatic rings. The Labute approximate surface area is 152 Å². The van der Waals surface area contributed by atoms with Gasteiger partial charge < -0.3 is 9.47 Å². The van der Waals surface area contributed by atoms with Crippen molar-refractivity contribution >= 4 is 11.8 Å². The minimum atomic E-state index is 0.742. The Morgan fingerprint density at radius 1 is 0.769 bits per heavy atom. The number of benzene rings is 2. The van der Waals surface area contributed by atoms with Crippen LogP contribution in [0.3, 0.4) is 0 Å². The molecule has 0 atom stereocenters. The topological polar surface area (TPSA) is 43.7 Å². The zero-order valence-corrected chi connectivity index (χ0v) is 14.2. The summed E-state index contributed by atoms with van der Waals surface area (Å²) in [6, 6.07) is 19.1. The first-order valence-electron chi connectivity index (χ1n) is 8.54. The molecule has 26 heavy (non-hydrogen) atoms. The van der Waals surface area contributed by atoms with Crippen LogP contribution in [0, 0.1) is 0 Å². The maximum atomic E-state index is 6.07. The standard InChI is InChI=1S/C22H18N2O2/c1-2-6-18(7-3-1)25-19-8-10-20(11-9-19)26-22-12-14-24-16-21(22)17-5-4-13-23-15-17/h1-3,5-12,14-16H,4,13H2. The number of allylic oxidation sites excluding steroid dienone is 1. The highest BCUT2D eigenvalue weighted by molar-refractivity contribution is 6.11. The molecule has 0 N–H and O–H groups in total. The second kappa shape index (κ2) is 7.66. The van der Waals surface area contributed by atoms with Crippen molar-refractivity contribution < 1.29 is 9.47 Å². The van der Waals surface area contributed by atoms with Crippen molar-refractivity contribution in [1.82, 2.24) is 4.98 Å². The molecular formula is C22H18N2O2. The first-order valence-corrected chi connectivity index (χ1v) is 8.54. The van der Waals surface area contributed by atoms with E-state index in [4.69, 9.17) is 9.47 Å². The molecule has 1 aliphatic heterocycles. The van der Waals surface area contributed by atoms with E-state index in [9.17, 15) is 0 Å². The van der Waals surface area contributed by atoms with Gasteiger partial charge in [0.2, 0.25) is 0 Å². The molecule has 0 spiro atoms. The zero-order chi connectivity index (χ0) is 17.6. The number of ether oxygens (including phenoxy) is 2. The van der Waals surface area contributed by atoms with Crippen LogP contribution in [0.4, 0.5) is 0 Å². The number of hydrogen-bond acceptors (Lipinski definition) is 4. The van der Waals surface area contributed by atoms with E-state index in [1.807, 2.05) is 73.1 Å². The van der Waals surface area contributed by atoms with Gasteiger partial charge >= 0.3 is 0 Å². The highest BCUT2D eigenvalue weighted by Gasteiger charge is 2.10. The fraction of sp³-hybridized carbons (Fsp3) is 0.0909. The van der Waals surface area contributed by atoms with Gasteiger partial charge in [0.15, 0.2) is 0 Å². The predicted molar refractivity (Wildman–Crippen MR) is 103 cm³/mol. The molecule has 2 aromatic carbocycles. The van der Waals surface area contributed by atoms with Crippen molar-refractivity contribution in [3.63, 3.8) is 0 Å². The van der Waals surface area contributed by atoms with Crippen molar-refractivity contribution in [3.8, 4) is 23.0 Å². The van der Waals surface area contributed by atoms with Gasteiger partial charge in [0, 0.05) is 36.3 Å². The van der Waals surface area contributed by atoms with Gasteiger partial charge in [-0.05, 0) is 48.9 Å². The van der Waals surface area contributed by atoms with Gasteiger partial charge in [-0.15, -0.1) is 0 Å². The number of rotatable bonds is 5. The second-order valence-electron chi connectivity index (χ2n) is 5.84. The molecule has 4 nitrogen and oxygen atoms in total. The maximum absolute atomic E-state index is 6.07. The summed E-state index contributed by atoms with van der Waals surface area (Å²) in [5.41, 5.74) is 1.99. The lowest BCUT2D eigenvalue weighted by Gasteiger charge is -2.13. The van der Waals surface area contributed by atoms with Crippen LogP contribution in [0.1, 0.15) is 12.0 Å². The average Bonchev–Trinajstić information content (AvgIpc) is 2.71. The zero-order valence-electron chi connectivity index (χ0n) is 14.2. The first kappa shape index (κ1) is 16.1. The number of dihydropyridines is 1. The van der Waals surface area contributed by atoms with Crippen LogP contribution in [-0.2, 0) is 0 Å². The van der Waals surface area contributed by atoms with Crippen LogP contribution in [-0.4, -0.2) is 17.7 Å². The SMILES string of the molecule is C1=NCCC=C1c1cnccc1Oc1ccc(Oc2ccccc2)cc1. The fourth-order valence-corrected chi connectivity index (χ4v) is 2.70. The van der Waals surface area contributed by atoms with E-state index in [0.717, 1.165) is 47.1 Å². The molecule has 0 aliphatic carbocycles. The lowest BCUT2D eigenvalue weighted by molar-refractivity contribution is 0.468. The lowest BCUT2D eigenvalue weighted by Crippen LogP contribution is -1.98. The van der Waals surface area contributed by atoms with Gasteiger partial charge in [-0.25, -0.2) is 0 Å². The summed E-state index contributed by atoms with van der Waals surface area (Å²) in [6.45, 7) is 0.836. The summed E-state index contributed by atoms with van der Waals surface area (Å²) in [5, 5.41) is 0. The van der Waals surface area contributed by atoms with Crippen molar-refractivity contribution in [2.75, 3.05) is 6.54 Å². The minimum Gasteiger partial charge on any atom is -0.457 e. The van der Waals surface area contributed by atoms with E-state index in [1.165, 1.54) is 0 Å². The third-order valence-electron chi connectivity index (χ3n) is 3.98. The summed E-state index contributed by atoms with van der Waals surface area (Å²) < 4.78 is 11.9. The van der Waals surface area contributed by atoms with Gasteiger partial charge in [-0.2, -0.15) is 0 Å². The molecule has 0 fully saturated rings.